The summed E-state index contributed by atoms with van der Waals surface area (Å²) < 4.78 is 63.4. The first-order valence-electron chi connectivity index (χ1n) is 13.1. The molecule has 0 aromatic carbocycles. The third kappa shape index (κ3) is 6.57. The van der Waals surface area contributed by atoms with Gasteiger partial charge in [0.25, 0.3) is 12.3 Å². The zero-order valence-electron chi connectivity index (χ0n) is 21.7. The second-order valence-electron chi connectivity index (χ2n) is 10.4. The smallest absolute Gasteiger partial charge is 0.276 e. The van der Waals surface area contributed by atoms with Gasteiger partial charge in [-0.3, -0.25) is 9.59 Å². The van der Waals surface area contributed by atoms with Crippen molar-refractivity contribution in [2.24, 2.45) is 11.8 Å². The van der Waals surface area contributed by atoms with Crippen LogP contribution in [0.3, 0.4) is 0 Å². The second kappa shape index (κ2) is 11.5. The molecule has 0 radical (unpaired) electrons. The van der Waals surface area contributed by atoms with E-state index in [1.165, 1.54) is 4.52 Å². The Labute approximate surface area is 226 Å². The molecule has 15 heteroatoms. The number of aryl methyl sites for hydroxylation is 1. The van der Waals surface area contributed by atoms with Crippen LogP contribution in [-0.2, 0) is 9.53 Å². The van der Waals surface area contributed by atoms with Crippen molar-refractivity contribution >= 4 is 17.5 Å². The molecule has 0 aliphatic heterocycles. The van der Waals surface area contributed by atoms with Crippen LogP contribution in [0.4, 0.5) is 17.6 Å². The Bertz CT molecular complexity index is 1350. The first-order valence-corrected chi connectivity index (χ1v) is 13.1. The van der Waals surface area contributed by atoms with Gasteiger partial charge < -0.3 is 15.4 Å². The fraction of sp³-hybridized carbons (Fsp3) is 0.600. The molecule has 3 aromatic rings. The average molecular weight is 568 g/mol. The first-order chi connectivity index (χ1) is 19.1. The zero-order chi connectivity index (χ0) is 28.4. The summed E-state index contributed by atoms with van der Waals surface area (Å²) in [6.07, 6.45) is 2.09. The number of ether oxygens (including phenoxy) is 1. The fourth-order valence-electron chi connectivity index (χ4n) is 5.06. The lowest BCUT2D eigenvalue weighted by atomic mass is 9.81. The summed E-state index contributed by atoms with van der Waals surface area (Å²) in [6, 6.07) is 0.647. The molecule has 2 atom stereocenters. The van der Waals surface area contributed by atoms with Crippen molar-refractivity contribution in [2.45, 2.75) is 69.9 Å². The van der Waals surface area contributed by atoms with Gasteiger partial charge in [0.2, 0.25) is 11.8 Å². The lowest BCUT2D eigenvalue weighted by Gasteiger charge is -2.33. The highest BCUT2D eigenvalue weighted by Crippen LogP contribution is 2.42. The predicted octanol–water partition coefficient (Wildman–Crippen LogP) is 3.57. The van der Waals surface area contributed by atoms with E-state index in [0.29, 0.717) is 22.6 Å². The maximum Gasteiger partial charge on any atom is 0.276 e. The fourth-order valence-corrected chi connectivity index (χ4v) is 5.06. The lowest BCUT2D eigenvalue weighted by Crippen LogP contribution is -2.37. The zero-order valence-corrected chi connectivity index (χ0v) is 21.7. The van der Waals surface area contributed by atoms with Gasteiger partial charge in [-0.15, -0.1) is 0 Å². The van der Waals surface area contributed by atoms with E-state index < -0.39 is 49.5 Å². The van der Waals surface area contributed by atoms with E-state index in [1.54, 1.807) is 25.4 Å². The molecule has 0 bridgehead atoms. The van der Waals surface area contributed by atoms with Gasteiger partial charge in [-0.2, -0.15) is 5.10 Å². The topological polar surface area (TPSA) is 137 Å². The van der Waals surface area contributed by atoms with E-state index in [2.05, 4.69) is 35.7 Å². The van der Waals surface area contributed by atoms with E-state index in [0.717, 1.165) is 12.8 Å². The van der Waals surface area contributed by atoms with Crippen LogP contribution in [0.2, 0.25) is 0 Å². The number of rotatable bonds is 11. The lowest BCUT2D eigenvalue weighted by molar-refractivity contribution is -0.128. The maximum absolute atomic E-state index is 13.9. The number of alkyl halides is 4. The maximum atomic E-state index is 13.9. The number of imidazole rings is 1. The number of nitrogens with zero attached hydrogens (tertiary/aromatic N) is 5. The SMILES string of the molecule is Cc1nonc1C(=O)N[C@H](c1cn2ncc([C@H](NC(=O)COCC(F)F)C3CC3)cc2n1)C1CCC(F)(F)CC1. The minimum absolute atomic E-state index is 0.00383. The number of halogens is 4. The van der Waals surface area contributed by atoms with Crippen molar-refractivity contribution in [3.63, 3.8) is 0 Å². The monoisotopic (exact) mass is 567 g/mol. The Balaban J connectivity index is 1.38. The number of aromatic nitrogens is 5. The van der Waals surface area contributed by atoms with Gasteiger partial charge in [0.05, 0.1) is 30.2 Å². The largest absolute Gasteiger partial charge is 0.366 e. The Hall–Kier alpha value is -3.62. The van der Waals surface area contributed by atoms with Crippen LogP contribution in [0.5, 0.6) is 0 Å². The molecule has 0 unspecified atom stereocenters. The quantitative estimate of drug-likeness (QED) is 0.336. The van der Waals surface area contributed by atoms with E-state index in [4.69, 9.17) is 4.74 Å². The molecule has 5 rings (SSSR count). The van der Waals surface area contributed by atoms with Crippen LogP contribution in [-0.4, -0.2) is 62.3 Å². The molecule has 2 N–H and O–H groups in total. The third-order valence-corrected chi connectivity index (χ3v) is 7.31. The van der Waals surface area contributed by atoms with Crippen molar-refractivity contribution < 1.29 is 36.5 Å². The van der Waals surface area contributed by atoms with E-state index in [9.17, 15) is 27.2 Å². The van der Waals surface area contributed by atoms with Crippen molar-refractivity contribution in [1.82, 2.24) is 35.5 Å². The molecular weight excluding hydrogens is 538 g/mol. The molecule has 2 aliphatic rings. The molecule has 216 valence electrons. The van der Waals surface area contributed by atoms with Crippen LogP contribution in [0.15, 0.2) is 23.1 Å². The predicted molar refractivity (Wildman–Crippen MR) is 130 cm³/mol. The number of carbonyl (C=O) groups is 2. The molecule has 0 saturated heterocycles. The molecule has 2 amide bonds. The van der Waals surface area contributed by atoms with Gasteiger partial charge >= 0.3 is 0 Å². The van der Waals surface area contributed by atoms with E-state index in [1.807, 2.05) is 0 Å². The highest BCUT2D eigenvalue weighted by molar-refractivity contribution is 5.93. The van der Waals surface area contributed by atoms with Gasteiger partial charge in [0, 0.05) is 12.8 Å². The number of nitrogens with one attached hydrogen (secondary N) is 2. The molecule has 11 nitrogen and oxygen atoms in total. The Morgan fingerprint density at radius 2 is 1.85 bits per heavy atom. The summed E-state index contributed by atoms with van der Waals surface area (Å²) in [5, 5.41) is 17.4. The summed E-state index contributed by atoms with van der Waals surface area (Å²) in [7, 11) is 0. The van der Waals surface area contributed by atoms with Crippen LogP contribution in [0, 0.1) is 18.8 Å². The van der Waals surface area contributed by atoms with Gasteiger partial charge in [-0.05, 0) is 61.2 Å². The average Bonchev–Trinajstić information content (AvgIpc) is 3.51. The van der Waals surface area contributed by atoms with Crippen LogP contribution in [0.1, 0.15) is 78.0 Å². The first kappa shape index (κ1) is 27.9. The number of hydrogen-bond donors (Lipinski definition) is 2. The molecule has 40 heavy (non-hydrogen) atoms. The number of carbonyl (C=O) groups excluding carboxylic acids is 2. The summed E-state index contributed by atoms with van der Waals surface area (Å²) in [6.45, 7) is 0.256. The number of amides is 2. The Kier molecular flexibility index (Phi) is 8.01. The highest BCUT2D eigenvalue weighted by atomic mass is 19.3. The molecule has 0 spiro atoms. The van der Waals surface area contributed by atoms with Crippen LogP contribution >= 0.6 is 0 Å². The van der Waals surface area contributed by atoms with Crippen LogP contribution < -0.4 is 10.6 Å². The van der Waals surface area contributed by atoms with E-state index >= 15 is 0 Å². The van der Waals surface area contributed by atoms with Gasteiger partial charge in [0.15, 0.2) is 11.3 Å². The van der Waals surface area contributed by atoms with Crippen LogP contribution in [0.25, 0.3) is 5.65 Å². The molecule has 2 saturated carbocycles. The molecule has 2 fully saturated rings. The Morgan fingerprint density at radius 1 is 1.12 bits per heavy atom. The van der Waals surface area contributed by atoms with Gasteiger partial charge in [-0.25, -0.2) is 31.7 Å². The van der Waals surface area contributed by atoms with Crippen molar-refractivity contribution in [3.05, 3.63) is 41.1 Å². The van der Waals surface area contributed by atoms with Crippen molar-refractivity contribution in [1.29, 1.82) is 0 Å². The van der Waals surface area contributed by atoms with Crippen molar-refractivity contribution in [2.75, 3.05) is 13.2 Å². The molecule has 3 heterocycles. The van der Waals surface area contributed by atoms with Gasteiger partial charge in [0.1, 0.15) is 18.9 Å². The third-order valence-electron chi connectivity index (χ3n) is 7.31. The molecular formula is C25H29F4N7O4. The number of fused-ring (bicyclic) bond motifs is 1. The minimum Gasteiger partial charge on any atom is -0.366 e. The summed E-state index contributed by atoms with van der Waals surface area (Å²) in [5.74, 6) is -3.97. The highest BCUT2D eigenvalue weighted by Gasteiger charge is 2.40. The summed E-state index contributed by atoms with van der Waals surface area (Å²) >= 11 is 0. The summed E-state index contributed by atoms with van der Waals surface area (Å²) in [5.41, 5.74) is 1.84. The molecule has 2 aliphatic carbocycles. The Morgan fingerprint density at radius 3 is 2.50 bits per heavy atom. The molecule has 3 aromatic heterocycles. The standard InChI is InChI=1S/C25H29F4N7O4/c1-13-21(35-40-34-13)24(38)33-23(15-4-6-25(28,29)7-5-15)17-10-36-19(31-17)8-16(9-30-36)22(14-2-3-14)32-20(37)12-39-11-18(26)27/h8-10,14-15,18,22-23H,2-7,11-12H2,1H3,(H,32,37)(H,33,38)/t22-,23+/m1/s1. The second-order valence-corrected chi connectivity index (χ2v) is 10.4. The van der Waals surface area contributed by atoms with Gasteiger partial charge in [-0.1, -0.05) is 5.16 Å². The van der Waals surface area contributed by atoms with E-state index in [-0.39, 0.29) is 43.2 Å². The van der Waals surface area contributed by atoms with Crippen molar-refractivity contribution in [3.8, 4) is 0 Å². The number of hydrogen-bond acceptors (Lipinski definition) is 8. The summed E-state index contributed by atoms with van der Waals surface area (Å²) in [4.78, 5) is 30.0. The normalized spacial score (nSPS) is 19.1. The minimum atomic E-state index is -2.75.